The fourth-order valence-electron chi connectivity index (χ4n) is 2.34. The van der Waals surface area contributed by atoms with Crippen LogP contribution in [0.3, 0.4) is 0 Å². The second-order valence-corrected chi connectivity index (χ2v) is 5.05. The van der Waals surface area contributed by atoms with Crippen LogP contribution in [-0.4, -0.2) is 23.6 Å². The van der Waals surface area contributed by atoms with Gasteiger partial charge in [-0.05, 0) is 45.2 Å². The molecule has 4 heteroatoms. The number of ether oxygens (including phenoxy) is 1. The van der Waals surface area contributed by atoms with Crippen LogP contribution in [0.4, 0.5) is 0 Å². The average Bonchev–Trinajstić information content (AvgIpc) is 2.28. The van der Waals surface area contributed by atoms with Gasteiger partial charge in [0, 0.05) is 19.3 Å². The molecule has 0 bridgehead atoms. The fraction of sp³-hybridized carbons (Fsp3) is 0.714. The molecule has 100 valence electrons. The maximum atomic E-state index is 5.65. The van der Waals surface area contributed by atoms with Gasteiger partial charge < -0.3 is 10.1 Å². The molecule has 0 saturated heterocycles. The molecule has 0 atom stereocenters. The summed E-state index contributed by atoms with van der Waals surface area (Å²) in [7, 11) is 1.76. The molecule has 1 heterocycles. The highest BCUT2D eigenvalue weighted by atomic mass is 16.5. The Balaban J connectivity index is 2.15. The molecule has 1 aliphatic rings. The molecule has 2 rings (SSSR count). The van der Waals surface area contributed by atoms with Crippen molar-refractivity contribution >= 4 is 0 Å². The van der Waals surface area contributed by atoms with Crippen LogP contribution in [0.5, 0.6) is 0 Å². The lowest BCUT2D eigenvalue weighted by molar-refractivity contribution is -0.0849. The minimum Gasteiger partial charge on any atom is -0.370 e. The average molecular weight is 249 g/mol. The molecule has 0 amide bonds. The minimum atomic E-state index is -0.217. The van der Waals surface area contributed by atoms with Gasteiger partial charge in [-0.2, -0.15) is 0 Å². The quantitative estimate of drug-likeness (QED) is 0.786. The van der Waals surface area contributed by atoms with E-state index in [4.69, 9.17) is 4.74 Å². The van der Waals surface area contributed by atoms with Crippen LogP contribution in [0.2, 0.25) is 0 Å². The monoisotopic (exact) mass is 249 g/mol. The van der Waals surface area contributed by atoms with Gasteiger partial charge in [-0.15, -0.1) is 0 Å². The third-order valence-electron chi connectivity index (χ3n) is 3.60. The normalized spacial score (nSPS) is 17.5. The number of aryl methyl sites for hydroxylation is 1. The predicted octanol–water partition coefficient (Wildman–Crippen LogP) is 2.31. The van der Waals surface area contributed by atoms with Gasteiger partial charge in [0.1, 0.15) is 5.60 Å². The highest BCUT2D eigenvalue weighted by Crippen LogP contribution is 2.42. The molecule has 1 fully saturated rings. The van der Waals surface area contributed by atoms with E-state index in [-0.39, 0.29) is 5.60 Å². The zero-order chi connectivity index (χ0) is 13.0. The number of hydrogen-bond donors (Lipinski definition) is 1. The molecule has 1 N–H and O–H groups in total. The third-order valence-corrected chi connectivity index (χ3v) is 3.60. The molecule has 18 heavy (non-hydrogen) atoms. The van der Waals surface area contributed by atoms with Crippen molar-refractivity contribution < 1.29 is 4.74 Å². The smallest absolute Gasteiger partial charge is 0.160 e. The molecule has 1 aromatic heterocycles. The van der Waals surface area contributed by atoms with Crippen LogP contribution >= 0.6 is 0 Å². The first-order chi connectivity index (χ1) is 8.70. The van der Waals surface area contributed by atoms with Gasteiger partial charge in [0.25, 0.3) is 0 Å². The van der Waals surface area contributed by atoms with Crippen molar-refractivity contribution in [2.45, 2.75) is 51.7 Å². The van der Waals surface area contributed by atoms with E-state index < -0.39 is 0 Å². The SMILES string of the molecule is CCCNCc1cc(C)nc(C2(OC)CCC2)n1. The second kappa shape index (κ2) is 5.76. The predicted molar refractivity (Wildman–Crippen MR) is 71.3 cm³/mol. The summed E-state index contributed by atoms with van der Waals surface area (Å²) in [5, 5.41) is 3.38. The van der Waals surface area contributed by atoms with E-state index in [0.29, 0.717) is 0 Å². The minimum absolute atomic E-state index is 0.217. The van der Waals surface area contributed by atoms with Gasteiger partial charge in [-0.3, -0.25) is 0 Å². The zero-order valence-electron chi connectivity index (χ0n) is 11.6. The van der Waals surface area contributed by atoms with E-state index in [1.165, 1.54) is 6.42 Å². The Bertz CT molecular complexity index is 397. The molecule has 4 nitrogen and oxygen atoms in total. The van der Waals surface area contributed by atoms with E-state index >= 15 is 0 Å². The van der Waals surface area contributed by atoms with Crippen molar-refractivity contribution in [3.8, 4) is 0 Å². The first kappa shape index (κ1) is 13.4. The van der Waals surface area contributed by atoms with E-state index in [1.807, 2.05) is 13.0 Å². The van der Waals surface area contributed by atoms with Gasteiger partial charge in [0.2, 0.25) is 0 Å². The summed E-state index contributed by atoms with van der Waals surface area (Å²) < 4.78 is 5.65. The van der Waals surface area contributed by atoms with Crippen molar-refractivity contribution in [1.82, 2.24) is 15.3 Å². The first-order valence-corrected chi connectivity index (χ1v) is 6.81. The van der Waals surface area contributed by atoms with E-state index in [0.717, 1.165) is 49.6 Å². The van der Waals surface area contributed by atoms with E-state index in [1.54, 1.807) is 7.11 Å². The van der Waals surface area contributed by atoms with Gasteiger partial charge >= 0.3 is 0 Å². The highest BCUT2D eigenvalue weighted by molar-refractivity contribution is 5.16. The number of nitrogens with one attached hydrogen (secondary N) is 1. The lowest BCUT2D eigenvalue weighted by Gasteiger charge is -2.39. The Morgan fingerprint density at radius 2 is 2.17 bits per heavy atom. The standard InChI is InChI=1S/C14H23N3O/c1-4-8-15-10-12-9-11(2)16-13(17-12)14(18-3)6-5-7-14/h9,15H,4-8,10H2,1-3H3. The van der Waals surface area contributed by atoms with Crippen molar-refractivity contribution in [2.75, 3.05) is 13.7 Å². The largest absolute Gasteiger partial charge is 0.370 e. The van der Waals surface area contributed by atoms with E-state index in [2.05, 4.69) is 22.2 Å². The molecule has 1 aliphatic carbocycles. The highest BCUT2D eigenvalue weighted by Gasteiger charge is 2.41. The molecule has 0 spiro atoms. The topological polar surface area (TPSA) is 47.0 Å². The number of methoxy groups -OCH3 is 1. The van der Waals surface area contributed by atoms with Crippen LogP contribution in [0.25, 0.3) is 0 Å². The van der Waals surface area contributed by atoms with Gasteiger partial charge in [0.15, 0.2) is 5.82 Å². The third kappa shape index (κ3) is 2.70. The maximum absolute atomic E-state index is 5.65. The van der Waals surface area contributed by atoms with Crippen molar-refractivity contribution in [1.29, 1.82) is 0 Å². The lowest BCUT2D eigenvalue weighted by atomic mass is 9.79. The number of nitrogens with zero attached hydrogens (tertiary/aromatic N) is 2. The van der Waals surface area contributed by atoms with Crippen LogP contribution in [0.15, 0.2) is 6.07 Å². The molecule has 0 aromatic carbocycles. The first-order valence-electron chi connectivity index (χ1n) is 6.81. The Morgan fingerprint density at radius 3 is 2.72 bits per heavy atom. The molecule has 0 radical (unpaired) electrons. The molecule has 0 aliphatic heterocycles. The Hall–Kier alpha value is -1.00. The zero-order valence-corrected chi connectivity index (χ0v) is 11.6. The van der Waals surface area contributed by atoms with Crippen LogP contribution in [0.1, 0.15) is 49.8 Å². The summed E-state index contributed by atoms with van der Waals surface area (Å²) in [6.07, 6.45) is 4.41. The Labute approximate surface area is 109 Å². The Morgan fingerprint density at radius 1 is 1.39 bits per heavy atom. The summed E-state index contributed by atoms with van der Waals surface area (Å²) in [6.45, 7) is 6.02. The molecule has 0 unspecified atom stereocenters. The van der Waals surface area contributed by atoms with Gasteiger partial charge in [-0.25, -0.2) is 9.97 Å². The lowest BCUT2D eigenvalue weighted by Crippen LogP contribution is -2.38. The Kier molecular flexibility index (Phi) is 4.30. The van der Waals surface area contributed by atoms with Crippen molar-refractivity contribution in [2.24, 2.45) is 0 Å². The van der Waals surface area contributed by atoms with Crippen LogP contribution in [0, 0.1) is 6.92 Å². The number of hydrogen-bond acceptors (Lipinski definition) is 4. The number of aromatic nitrogens is 2. The summed E-state index contributed by atoms with van der Waals surface area (Å²) in [6, 6.07) is 2.05. The molecular formula is C14H23N3O. The fourth-order valence-corrected chi connectivity index (χ4v) is 2.34. The van der Waals surface area contributed by atoms with Crippen molar-refractivity contribution in [3.05, 3.63) is 23.3 Å². The molecule has 1 aromatic rings. The summed E-state index contributed by atoms with van der Waals surface area (Å²) in [5.41, 5.74) is 1.87. The summed E-state index contributed by atoms with van der Waals surface area (Å²) in [4.78, 5) is 9.23. The number of rotatable bonds is 6. The van der Waals surface area contributed by atoms with Crippen LogP contribution in [-0.2, 0) is 16.9 Å². The van der Waals surface area contributed by atoms with Crippen molar-refractivity contribution in [3.63, 3.8) is 0 Å². The summed E-state index contributed by atoms with van der Waals surface area (Å²) in [5.74, 6) is 0.865. The van der Waals surface area contributed by atoms with Crippen LogP contribution < -0.4 is 5.32 Å². The molecule has 1 saturated carbocycles. The van der Waals surface area contributed by atoms with Gasteiger partial charge in [0.05, 0.1) is 5.69 Å². The maximum Gasteiger partial charge on any atom is 0.160 e. The van der Waals surface area contributed by atoms with E-state index in [9.17, 15) is 0 Å². The molecular weight excluding hydrogens is 226 g/mol. The second-order valence-electron chi connectivity index (χ2n) is 5.05. The summed E-state index contributed by atoms with van der Waals surface area (Å²) >= 11 is 0. The van der Waals surface area contributed by atoms with Gasteiger partial charge in [-0.1, -0.05) is 6.92 Å².